The molecule has 0 aliphatic heterocycles. The number of benzene rings is 4. The van der Waals surface area contributed by atoms with Crippen molar-refractivity contribution in [1.82, 2.24) is 20.2 Å². The monoisotopic (exact) mass is 472 g/mol. The van der Waals surface area contributed by atoms with Gasteiger partial charge in [-0.2, -0.15) is 0 Å². The van der Waals surface area contributed by atoms with E-state index in [1.807, 2.05) is 78.9 Å². The van der Waals surface area contributed by atoms with E-state index in [0.717, 1.165) is 40.6 Å². The highest BCUT2D eigenvalue weighted by Gasteiger charge is 2.41. The van der Waals surface area contributed by atoms with Gasteiger partial charge in [0.1, 0.15) is 0 Å². The van der Waals surface area contributed by atoms with E-state index in [9.17, 15) is 5.02 Å². The molecule has 0 saturated carbocycles. The highest BCUT2D eigenvalue weighted by molar-refractivity contribution is 6.67. The Hall–Kier alpha value is -4.03. The fourth-order valence-electron chi connectivity index (χ4n) is 4.89. The maximum absolute atomic E-state index is 10.9. The summed E-state index contributed by atoms with van der Waals surface area (Å²) in [6.45, 7) is 1.55. The van der Waals surface area contributed by atoms with Crippen molar-refractivity contribution in [3.63, 3.8) is 0 Å². The number of unbranched alkanes of at least 4 members (excludes halogenated alkanes) is 1. The summed E-state index contributed by atoms with van der Waals surface area (Å²) in [4.78, 5) is 1.72. The Balaban J connectivity index is 1.72. The van der Waals surface area contributed by atoms with Gasteiger partial charge in [-0.3, -0.25) is 0 Å². The van der Waals surface area contributed by atoms with E-state index in [4.69, 9.17) is 5.10 Å². The van der Waals surface area contributed by atoms with Crippen LogP contribution >= 0.6 is 0 Å². The van der Waals surface area contributed by atoms with Gasteiger partial charge in [-0.25, -0.2) is 0 Å². The van der Waals surface area contributed by atoms with Crippen LogP contribution in [0, 0.1) is 0 Å². The van der Waals surface area contributed by atoms with E-state index in [1.165, 1.54) is 0 Å². The second kappa shape index (κ2) is 10.7. The number of hydrogen-bond donors (Lipinski definition) is 1. The van der Waals surface area contributed by atoms with Gasteiger partial charge in [0.25, 0.3) is 0 Å². The van der Waals surface area contributed by atoms with Crippen LogP contribution < -0.4 is 5.46 Å². The molecule has 4 aromatic carbocycles. The third-order valence-electron chi connectivity index (χ3n) is 6.68. The van der Waals surface area contributed by atoms with E-state index < -0.39 is 12.5 Å². The lowest BCUT2D eigenvalue weighted by Gasteiger charge is -2.34. The molecule has 36 heavy (non-hydrogen) atoms. The molecule has 0 bridgehead atoms. The van der Waals surface area contributed by atoms with Crippen molar-refractivity contribution in [3.8, 4) is 11.4 Å². The summed E-state index contributed by atoms with van der Waals surface area (Å²) in [6.07, 6.45) is 2.68. The van der Waals surface area contributed by atoms with Crippen LogP contribution in [0.3, 0.4) is 0 Å². The first-order chi connectivity index (χ1) is 17.7. The predicted octanol–water partition coefficient (Wildman–Crippen LogP) is 5.17. The van der Waals surface area contributed by atoms with Gasteiger partial charge in [0.2, 0.25) is 5.82 Å². The van der Waals surface area contributed by atoms with Gasteiger partial charge in [0, 0.05) is 5.56 Å². The molecule has 1 N–H and O–H groups in total. The summed E-state index contributed by atoms with van der Waals surface area (Å²) in [5.41, 5.74) is 3.89. The summed E-state index contributed by atoms with van der Waals surface area (Å²) in [7, 11) is 0. The predicted molar refractivity (Wildman–Crippen MR) is 145 cm³/mol. The first-order valence-corrected chi connectivity index (χ1v) is 12.5. The second-order valence-corrected chi connectivity index (χ2v) is 8.96. The zero-order chi connectivity index (χ0) is 24.8. The summed E-state index contributed by atoms with van der Waals surface area (Å²) in [5.74, 6) is 0.494. The summed E-state index contributed by atoms with van der Waals surface area (Å²) < 4.78 is 0. The number of aromatic nitrogens is 4. The molecule has 0 aliphatic rings. The Labute approximate surface area is 212 Å². The van der Waals surface area contributed by atoms with Crippen molar-refractivity contribution < 1.29 is 5.02 Å². The van der Waals surface area contributed by atoms with Crippen molar-refractivity contribution in [2.75, 3.05) is 0 Å². The molecule has 1 heterocycles. The molecule has 0 unspecified atom stereocenters. The molecule has 0 aliphatic carbocycles. The van der Waals surface area contributed by atoms with Gasteiger partial charge in [0.15, 0.2) is 5.54 Å². The van der Waals surface area contributed by atoms with E-state index in [1.54, 1.807) is 4.80 Å². The Bertz CT molecular complexity index is 1290. The SMILES string of the molecule is CCCCB(O)c1ccccc1-c1nnn(C(c2ccccc2)(c2ccccc2)c2ccccc2)n1. The van der Waals surface area contributed by atoms with Crippen LogP contribution in [0.25, 0.3) is 11.4 Å². The molecule has 6 heteroatoms. The average Bonchev–Trinajstić information content (AvgIpc) is 3.44. The Morgan fingerprint density at radius 3 is 1.75 bits per heavy atom. The minimum absolute atomic E-state index is 0.494. The van der Waals surface area contributed by atoms with E-state index in [0.29, 0.717) is 12.1 Å². The first-order valence-electron chi connectivity index (χ1n) is 12.5. The molecule has 0 amide bonds. The van der Waals surface area contributed by atoms with E-state index in [2.05, 4.69) is 53.6 Å². The maximum atomic E-state index is 10.9. The third kappa shape index (κ3) is 4.36. The van der Waals surface area contributed by atoms with Gasteiger partial charge in [-0.05, 0) is 33.7 Å². The average molecular weight is 472 g/mol. The fourth-order valence-corrected chi connectivity index (χ4v) is 4.89. The molecule has 0 spiro atoms. The number of tetrazole rings is 1. The van der Waals surface area contributed by atoms with Gasteiger partial charge < -0.3 is 5.02 Å². The first kappa shape index (κ1) is 23.7. The van der Waals surface area contributed by atoms with Crippen LogP contribution in [0.5, 0.6) is 0 Å². The minimum atomic E-state index is -0.829. The van der Waals surface area contributed by atoms with E-state index in [-0.39, 0.29) is 0 Å². The van der Waals surface area contributed by atoms with Crippen LogP contribution in [-0.2, 0) is 5.54 Å². The van der Waals surface area contributed by atoms with Crippen LogP contribution in [0.2, 0.25) is 6.32 Å². The number of rotatable bonds is 9. The highest BCUT2D eigenvalue weighted by atomic mass is 16.2. The standard InChI is InChI=1S/C30H29BN4O/c1-2-3-23-31(36)28-22-14-13-21-27(28)29-32-34-35(33-29)30(24-15-7-4-8-16-24,25-17-9-5-10-18-25)26-19-11-6-12-20-26/h4-22,36H,2-3,23H2,1H3. The summed E-state index contributed by atoms with van der Waals surface area (Å²) >= 11 is 0. The quantitative estimate of drug-likeness (QED) is 0.238. The lowest BCUT2D eigenvalue weighted by molar-refractivity contribution is 0.396. The van der Waals surface area contributed by atoms with Crippen molar-refractivity contribution in [2.45, 2.75) is 31.6 Å². The molecule has 0 saturated heterocycles. The van der Waals surface area contributed by atoms with Gasteiger partial charge >= 0.3 is 6.92 Å². The number of hydrogen-bond acceptors (Lipinski definition) is 4. The number of nitrogens with zero attached hydrogens (tertiary/aromatic N) is 4. The molecule has 0 atom stereocenters. The smallest absolute Gasteiger partial charge is 0.324 e. The summed E-state index contributed by atoms with van der Waals surface area (Å²) in [5, 5.41) is 25.1. The highest BCUT2D eigenvalue weighted by Crippen LogP contribution is 2.39. The van der Waals surface area contributed by atoms with Crippen LogP contribution in [0.1, 0.15) is 36.5 Å². The molecule has 1 aromatic heterocycles. The molecule has 5 rings (SSSR count). The molecular formula is C30H29BN4O. The Morgan fingerprint density at radius 1 is 0.722 bits per heavy atom. The van der Waals surface area contributed by atoms with Gasteiger partial charge in [-0.15, -0.1) is 15.0 Å². The maximum Gasteiger partial charge on any atom is 0.324 e. The van der Waals surface area contributed by atoms with Crippen molar-refractivity contribution in [2.24, 2.45) is 0 Å². The molecule has 0 fully saturated rings. The van der Waals surface area contributed by atoms with Crippen LogP contribution in [-0.4, -0.2) is 32.1 Å². The lowest BCUT2D eigenvalue weighted by Crippen LogP contribution is -2.39. The van der Waals surface area contributed by atoms with Crippen LogP contribution in [0.4, 0.5) is 0 Å². The third-order valence-corrected chi connectivity index (χ3v) is 6.68. The molecular weight excluding hydrogens is 443 g/mol. The fraction of sp³-hybridized carbons (Fsp3) is 0.167. The molecule has 5 nitrogen and oxygen atoms in total. The second-order valence-electron chi connectivity index (χ2n) is 8.96. The van der Waals surface area contributed by atoms with Gasteiger partial charge in [-0.1, -0.05) is 135 Å². The van der Waals surface area contributed by atoms with Crippen molar-refractivity contribution in [3.05, 3.63) is 132 Å². The largest absolute Gasteiger partial charge is 0.446 e. The van der Waals surface area contributed by atoms with Crippen molar-refractivity contribution in [1.29, 1.82) is 0 Å². The zero-order valence-corrected chi connectivity index (χ0v) is 20.4. The lowest BCUT2D eigenvalue weighted by atomic mass is 9.56. The molecule has 5 aromatic rings. The summed E-state index contributed by atoms with van der Waals surface area (Å²) in [6, 6.07) is 38.7. The van der Waals surface area contributed by atoms with E-state index >= 15 is 0 Å². The Morgan fingerprint density at radius 2 is 1.22 bits per heavy atom. The minimum Gasteiger partial charge on any atom is -0.446 e. The topological polar surface area (TPSA) is 63.8 Å². The zero-order valence-electron chi connectivity index (χ0n) is 20.4. The van der Waals surface area contributed by atoms with Gasteiger partial charge in [0.05, 0.1) is 0 Å². The van der Waals surface area contributed by atoms with Crippen molar-refractivity contribution >= 4 is 12.4 Å². The molecule has 0 radical (unpaired) electrons. The Kier molecular flexibility index (Phi) is 7.05. The normalized spacial score (nSPS) is 11.4. The molecule has 178 valence electrons. The van der Waals surface area contributed by atoms with Crippen LogP contribution in [0.15, 0.2) is 115 Å².